The number of benzene rings is 1. The van der Waals surface area contributed by atoms with E-state index in [2.05, 4.69) is 10.3 Å². The monoisotopic (exact) mass is 263 g/mol. The quantitative estimate of drug-likeness (QED) is 0.881. The molecule has 1 heterocycles. The zero-order valence-corrected chi connectivity index (χ0v) is 11.2. The third-order valence-electron chi connectivity index (χ3n) is 2.67. The summed E-state index contributed by atoms with van der Waals surface area (Å²) in [5.41, 5.74) is 1.61. The van der Waals surface area contributed by atoms with Crippen molar-refractivity contribution in [2.75, 3.05) is 14.2 Å². The molecule has 1 atom stereocenters. The standard InChI is InChI=1S/C13H17N3O3/c1-9(17)7-16-8-11(14-15-16)10-4-5-12(18-2)13(6-10)19-3/h4-6,8-9,17H,7H2,1-3H3. The number of rotatable bonds is 5. The van der Waals surface area contributed by atoms with E-state index in [1.807, 2.05) is 18.2 Å². The van der Waals surface area contributed by atoms with Gasteiger partial charge in [-0.3, -0.25) is 0 Å². The number of aromatic nitrogens is 3. The predicted octanol–water partition coefficient (Wildman–Crippen LogP) is 1.34. The molecule has 0 fully saturated rings. The Morgan fingerprint density at radius 1 is 1.26 bits per heavy atom. The topological polar surface area (TPSA) is 69.4 Å². The third kappa shape index (κ3) is 3.03. The normalized spacial score (nSPS) is 12.2. The fourth-order valence-corrected chi connectivity index (χ4v) is 1.79. The summed E-state index contributed by atoms with van der Waals surface area (Å²) >= 11 is 0. The van der Waals surface area contributed by atoms with Crippen LogP contribution in [0.1, 0.15) is 6.92 Å². The first-order valence-electron chi connectivity index (χ1n) is 5.94. The Bertz CT molecular complexity index is 552. The van der Waals surface area contributed by atoms with Gasteiger partial charge in [0.15, 0.2) is 11.5 Å². The highest BCUT2D eigenvalue weighted by Gasteiger charge is 2.09. The average molecular weight is 263 g/mol. The Hall–Kier alpha value is -2.08. The van der Waals surface area contributed by atoms with Crippen LogP contribution in [-0.4, -0.2) is 40.4 Å². The first kappa shape index (κ1) is 13.4. The van der Waals surface area contributed by atoms with Crippen molar-refractivity contribution >= 4 is 0 Å². The summed E-state index contributed by atoms with van der Waals surface area (Å²) < 4.78 is 12.0. The molecule has 19 heavy (non-hydrogen) atoms. The molecule has 0 bridgehead atoms. The van der Waals surface area contributed by atoms with Crippen molar-refractivity contribution in [3.8, 4) is 22.8 Å². The molecule has 6 nitrogen and oxygen atoms in total. The summed E-state index contributed by atoms with van der Waals surface area (Å²) in [6, 6.07) is 5.55. The van der Waals surface area contributed by atoms with E-state index in [0.29, 0.717) is 18.0 Å². The lowest BCUT2D eigenvalue weighted by Gasteiger charge is -2.08. The van der Waals surface area contributed by atoms with E-state index in [-0.39, 0.29) is 0 Å². The summed E-state index contributed by atoms with van der Waals surface area (Å²) in [4.78, 5) is 0. The maximum absolute atomic E-state index is 9.31. The smallest absolute Gasteiger partial charge is 0.161 e. The largest absolute Gasteiger partial charge is 0.493 e. The second-order valence-corrected chi connectivity index (χ2v) is 4.24. The van der Waals surface area contributed by atoms with Crippen LogP contribution in [-0.2, 0) is 6.54 Å². The van der Waals surface area contributed by atoms with Crippen molar-refractivity contribution in [1.29, 1.82) is 0 Å². The fourth-order valence-electron chi connectivity index (χ4n) is 1.79. The highest BCUT2D eigenvalue weighted by Crippen LogP contribution is 2.31. The van der Waals surface area contributed by atoms with Crippen LogP contribution in [0, 0.1) is 0 Å². The predicted molar refractivity (Wildman–Crippen MR) is 70.2 cm³/mol. The molecule has 1 aromatic heterocycles. The molecule has 0 aliphatic carbocycles. The summed E-state index contributed by atoms with van der Waals surface area (Å²) in [5, 5.41) is 17.4. The molecule has 0 saturated carbocycles. The first-order valence-corrected chi connectivity index (χ1v) is 5.94. The summed E-state index contributed by atoms with van der Waals surface area (Å²) in [5.74, 6) is 1.31. The molecule has 0 radical (unpaired) electrons. The van der Waals surface area contributed by atoms with Crippen LogP contribution in [0.2, 0.25) is 0 Å². The van der Waals surface area contributed by atoms with Crippen molar-refractivity contribution in [1.82, 2.24) is 15.0 Å². The van der Waals surface area contributed by atoms with Gasteiger partial charge in [0.25, 0.3) is 0 Å². The van der Waals surface area contributed by atoms with Gasteiger partial charge in [-0.25, -0.2) is 4.68 Å². The Morgan fingerprint density at radius 3 is 2.63 bits per heavy atom. The van der Waals surface area contributed by atoms with E-state index in [1.54, 1.807) is 32.0 Å². The highest BCUT2D eigenvalue weighted by atomic mass is 16.5. The van der Waals surface area contributed by atoms with Gasteiger partial charge in [0.2, 0.25) is 0 Å². The molecule has 0 saturated heterocycles. The van der Waals surface area contributed by atoms with Gasteiger partial charge in [-0.1, -0.05) is 5.21 Å². The van der Waals surface area contributed by atoms with E-state index in [9.17, 15) is 5.11 Å². The first-order chi connectivity index (χ1) is 9.13. The molecule has 1 N–H and O–H groups in total. The molecule has 6 heteroatoms. The van der Waals surface area contributed by atoms with Crippen LogP contribution >= 0.6 is 0 Å². The zero-order chi connectivity index (χ0) is 13.8. The molecule has 0 spiro atoms. The number of aliphatic hydroxyl groups is 1. The lowest BCUT2D eigenvalue weighted by molar-refractivity contribution is 0.167. The van der Waals surface area contributed by atoms with Crippen LogP contribution in [0.5, 0.6) is 11.5 Å². The Morgan fingerprint density at radius 2 is 2.00 bits per heavy atom. The number of nitrogens with zero attached hydrogens (tertiary/aromatic N) is 3. The summed E-state index contributed by atoms with van der Waals surface area (Å²) in [6.07, 6.45) is 1.33. The van der Waals surface area contributed by atoms with Crippen molar-refractivity contribution in [3.63, 3.8) is 0 Å². The second-order valence-electron chi connectivity index (χ2n) is 4.24. The van der Waals surface area contributed by atoms with Crippen molar-refractivity contribution in [2.45, 2.75) is 19.6 Å². The molecule has 1 aromatic carbocycles. The fraction of sp³-hybridized carbons (Fsp3) is 0.385. The molecule has 1 unspecified atom stereocenters. The van der Waals surface area contributed by atoms with Gasteiger partial charge in [0.05, 0.1) is 33.1 Å². The van der Waals surface area contributed by atoms with Crippen LogP contribution in [0.15, 0.2) is 24.4 Å². The summed E-state index contributed by atoms with van der Waals surface area (Å²) in [7, 11) is 3.18. The number of hydrogen-bond donors (Lipinski definition) is 1. The minimum Gasteiger partial charge on any atom is -0.493 e. The van der Waals surface area contributed by atoms with E-state index >= 15 is 0 Å². The maximum atomic E-state index is 9.31. The molecule has 102 valence electrons. The van der Waals surface area contributed by atoms with Crippen molar-refractivity contribution < 1.29 is 14.6 Å². The molecule has 0 aliphatic heterocycles. The molecular weight excluding hydrogens is 246 g/mol. The van der Waals surface area contributed by atoms with E-state index in [4.69, 9.17) is 9.47 Å². The number of ether oxygens (including phenoxy) is 2. The maximum Gasteiger partial charge on any atom is 0.161 e. The van der Waals surface area contributed by atoms with Gasteiger partial charge in [-0.05, 0) is 25.1 Å². The Labute approximate surface area is 111 Å². The van der Waals surface area contributed by atoms with Gasteiger partial charge in [-0.2, -0.15) is 0 Å². The van der Waals surface area contributed by atoms with Gasteiger partial charge in [0, 0.05) is 5.56 Å². The van der Waals surface area contributed by atoms with Crippen molar-refractivity contribution in [3.05, 3.63) is 24.4 Å². The number of hydrogen-bond acceptors (Lipinski definition) is 5. The van der Waals surface area contributed by atoms with Crippen LogP contribution < -0.4 is 9.47 Å². The van der Waals surface area contributed by atoms with Crippen molar-refractivity contribution in [2.24, 2.45) is 0 Å². The van der Waals surface area contributed by atoms with E-state index in [1.165, 1.54) is 0 Å². The molecule has 2 rings (SSSR count). The minimum absolute atomic E-state index is 0.417. The SMILES string of the molecule is COc1ccc(-c2cn(CC(C)O)nn2)cc1OC. The average Bonchev–Trinajstić information content (AvgIpc) is 2.85. The van der Waals surface area contributed by atoms with Crippen LogP contribution in [0.3, 0.4) is 0 Å². The van der Waals surface area contributed by atoms with Gasteiger partial charge in [-0.15, -0.1) is 5.10 Å². The molecule has 2 aromatic rings. The van der Waals surface area contributed by atoms with Gasteiger partial charge >= 0.3 is 0 Å². The lowest BCUT2D eigenvalue weighted by atomic mass is 10.1. The summed E-state index contributed by atoms with van der Waals surface area (Å²) in [6.45, 7) is 2.12. The molecular formula is C13H17N3O3. The van der Waals surface area contributed by atoms with E-state index < -0.39 is 6.10 Å². The van der Waals surface area contributed by atoms with Crippen LogP contribution in [0.4, 0.5) is 0 Å². The number of aliphatic hydroxyl groups excluding tert-OH is 1. The van der Waals surface area contributed by atoms with Gasteiger partial charge in [0.1, 0.15) is 5.69 Å². The lowest BCUT2D eigenvalue weighted by Crippen LogP contribution is -2.11. The minimum atomic E-state index is -0.458. The molecule has 0 amide bonds. The second kappa shape index (κ2) is 5.71. The Balaban J connectivity index is 2.28. The van der Waals surface area contributed by atoms with Crippen LogP contribution in [0.25, 0.3) is 11.3 Å². The molecule has 0 aliphatic rings. The highest BCUT2D eigenvalue weighted by molar-refractivity contribution is 5.63. The number of methoxy groups -OCH3 is 2. The zero-order valence-electron chi connectivity index (χ0n) is 11.2. The Kier molecular flexibility index (Phi) is 4.01. The van der Waals surface area contributed by atoms with Gasteiger partial charge < -0.3 is 14.6 Å². The third-order valence-corrected chi connectivity index (χ3v) is 2.67. The van der Waals surface area contributed by atoms with E-state index in [0.717, 1.165) is 11.3 Å².